The maximum Gasteiger partial charge on any atom is 0.407 e. The summed E-state index contributed by atoms with van der Waals surface area (Å²) in [5, 5.41) is 8.06. The van der Waals surface area contributed by atoms with E-state index in [1.54, 1.807) is 30.3 Å². The first-order valence-corrected chi connectivity index (χ1v) is 4.62. The van der Waals surface area contributed by atoms with Crippen molar-refractivity contribution in [3.05, 3.63) is 35.9 Å². The summed E-state index contributed by atoms with van der Waals surface area (Å²) >= 11 is 5.37. The molecule has 0 aliphatic heterocycles. The van der Waals surface area contributed by atoms with Crippen LogP contribution in [0.25, 0.3) is 0 Å². The number of benzene rings is 1. The van der Waals surface area contributed by atoms with Crippen molar-refractivity contribution in [2.24, 2.45) is 0 Å². The average molecular weight is 228 g/mol. The Hall–Kier alpha value is -1.55. The van der Waals surface area contributed by atoms with Gasteiger partial charge in [0.25, 0.3) is 0 Å². The van der Waals surface area contributed by atoms with Crippen molar-refractivity contribution >= 4 is 22.9 Å². The van der Waals surface area contributed by atoms with Crippen LogP contribution >= 0.6 is 11.6 Å². The molecule has 0 heterocycles. The maximum atomic E-state index is 11.2. The average Bonchev–Trinajstić information content (AvgIpc) is 2.18. The van der Waals surface area contributed by atoms with Crippen molar-refractivity contribution in [1.82, 2.24) is 4.90 Å². The Labute approximate surface area is 92.1 Å². The first-order valence-electron chi connectivity index (χ1n) is 4.24. The minimum atomic E-state index is -1.20. The van der Waals surface area contributed by atoms with Gasteiger partial charge in [0.2, 0.25) is 5.24 Å². The Kier molecular flexibility index (Phi) is 3.68. The SMILES string of the molecule is CN(C(=O)O)C(C(=O)Cl)c1ccccc1. The molecule has 0 saturated heterocycles. The number of hydrogen-bond acceptors (Lipinski definition) is 2. The van der Waals surface area contributed by atoms with Crippen molar-refractivity contribution in [3.63, 3.8) is 0 Å². The highest BCUT2D eigenvalue weighted by molar-refractivity contribution is 6.64. The van der Waals surface area contributed by atoms with E-state index in [0.29, 0.717) is 5.56 Å². The third-order valence-corrected chi connectivity index (χ3v) is 2.23. The zero-order valence-corrected chi connectivity index (χ0v) is 8.81. The fourth-order valence-electron chi connectivity index (χ4n) is 1.25. The van der Waals surface area contributed by atoms with Crippen molar-refractivity contribution in [2.45, 2.75) is 6.04 Å². The van der Waals surface area contributed by atoms with E-state index in [1.165, 1.54) is 7.05 Å². The Morgan fingerprint density at radius 1 is 1.33 bits per heavy atom. The van der Waals surface area contributed by atoms with E-state index in [-0.39, 0.29) is 0 Å². The van der Waals surface area contributed by atoms with Crippen LogP contribution in [0.2, 0.25) is 0 Å². The summed E-state index contributed by atoms with van der Waals surface area (Å²) in [7, 11) is 1.31. The monoisotopic (exact) mass is 227 g/mol. The quantitative estimate of drug-likeness (QED) is 0.805. The Bertz CT molecular complexity index is 366. The molecule has 5 heteroatoms. The molecule has 0 saturated carbocycles. The van der Waals surface area contributed by atoms with Crippen LogP contribution < -0.4 is 0 Å². The van der Waals surface area contributed by atoms with Crippen LogP contribution in [-0.2, 0) is 4.79 Å². The molecule has 0 fully saturated rings. The number of rotatable bonds is 3. The van der Waals surface area contributed by atoms with E-state index in [0.717, 1.165) is 4.90 Å². The fourth-order valence-corrected chi connectivity index (χ4v) is 1.53. The van der Waals surface area contributed by atoms with Crippen molar-refractivity contribution in [2.75, 3.05) is 7.05 Å². The number of carboxylic acid groups (broad SMARTS) is 1. The lowest BCUT2D eigenvalue weighted by atomic mass is 10.1. The molecular formula is C10H10ClNO3. The number of halogens is 1. The summed E-state index contributed by atoms with van der Waals surface area (Å²) in [6.45, 7) is 0. The lowest BCUT2D eigenvalue weighted by Gasteiger charge is -2.22. The number of likely N-dealkylation sites (N-methyl/N-ethyl adjacent to an activating group) is 1. The Morgan fingerprint density at radius 2 is 1.87 bits per heavy atom. The number of hydrogen-bond donors (Lipinski definition) is 1. The molecule has 0 spiro atoms. The molecule has 1 atom stereocenters. The number of amides is 1. The van der Waals surface area contributed by atoms with E-state index in [1.807, 2.05) is 0 Å². The van der Waals surface area contributed by atoms with E-state index >= 15 is 0 Å². The standard InChI is InChI=1S/C10H10ClNO3/c1-12(10(14)15)8(9(11)13)7-5-3-2-4-6-7/h2-6,8H,1H3,(H,14,15). The maximum absolute atomic E-state index is 11.2. The second kappa shape index (κ2) is 4.79. The number of nitrogens with zero attached hydrogens (tertiary/aromatic N) is 1. The van der Waals surface area contributed by atoms with Gasteiger partial charge in [0.1, 0.15) is 6.04 Å². The minimum absolute atomic E-state index is 0.558. The Balaban J connectivity index is 3.04. The summed E-state index contributed by atoms with van der Waals surface area (Å²) in [5.41, 5.74) is 0.558. The van der Waals surface area contributed by atoms with Crippen molar-refractivity contribution in [1.29, 1.82) is 0 Å². The van der Waals surface area contributed by atoms with Gasteiger partial charge in [-0.05, 0) is 17.2 Å². The molecule has 0 aliphatic rings. The molecule has 1 N–H and O–H groups in total. The van der Waals surface area contributed by atoms with E-state index in [4.69, 9.17) is 16.7 Å². The predicted octanol–water partition coefficient (Wildman–Crippen LogP) is 2.10. The molecule has 80 valence electrons. The van der Waals surface area contributed by atoms with Gasteiger partial charge < -0.3 is 5.11 Å². The summed E-state index contributed by atoms with van der Waals surface area (Å²) in [4.78, 5) is 22.8. The van der Waals surface area contributed by atoms with Crippen LogP contribution in [0.1, 0.15) is 11.6 Å². The van der Waals surface area contributed by atoms with Crippen LogP contribution in [0.3, 0.4) is 0 Å². The van der Waals surface area contributed by atoms with Crippen molar-refractivity contribution < 1.29 is 14.7 Å². The van der Waals surface area contributed by atoms with Gasteiger partial charge in [-0.15, -0.1) is 0 Å². The van der Waals surface area contributed by atoms with Gasteiger partial charge in [-0.25, -0.2) is 4.79 Å². The largest absolute Gasteiger partial charge is 0.465 e. The molecule has 1 rings (SSSR count). The zero-order valence-electron chi connectivity index (χ0n) is 8.05. The van der Waals surface area contributed by atoms with Gasteiger partial charge in [-0.2, -0.15) is 0 Å². The van der Waals surface area contributed by atoms with Gasteiger partial charge in [0.05, 0.1) is 0 Å². The fraction of sp³-hybridized carbons (Fsp3) is 0.200. The summed E-state index contributed by atoms with van der Waals surface area (Å²) < 4.78 is 0. The molecule has 15 heavy (non-hydrogen) atoms. The van der Waals surface area contributed by atoms with E-state index in [2.05, 4.69) is 0 Å². The molecule has 0 radical (unpaired) electrons. The lowest BCUT2D eigenvalue weighted by molar-refractivity contribution is -0.115. The molecule has 1 amide bonds. The number of carbonyl (C=O) groups excluding carboxylic acids is 1. The molecule has 1 unspecified atom stereocenters. The molecule has 0 aliphatic carbocycles. The molecule has 0 bridgehead atoms. The van der Waals surface area contributed by atoms with Gasteiger partial charge in [-0.1, -0.05) is 30.3 Å². The first kappa shape index (κ1) is 11.5. The van der Waals surface area contributed by atoms with Gasteiger partial charge >= 0.3 is 6.09 Å². The van der Waals surface area contributed by atoms with Crippen LogP contribution in [0.4, 0.5) is 4.79 Å². The second-order valence-electron chi connectivity index (χ2n) is 3.01. The van der Waals surface area contributed by atoms with Crippen molar-refractivity contribution in [3.8, 4) is 0 Å². The molecule has 4 nitrogen and oxygen atoms in total. The van der Waals surface area contributed by atoms with Gasteiger partial charge in [-0.3, -0.25) is 9.69 Å². The zero-order chi connectivity index (χ0) is 11.4. The predicted molar refractivity (Wildman–Crippen MR) is 55.8 cm³/mol. The molecule has 0 aromatic heterocycles. The van der Waals surface area contributed by atoms with E-state index < -0.39 is 17.4 Å². The normalized spacial score (nSPS) is 11.9. The summed E-state index contributed by atoms with van der Waals surface area (Å²) in [6.07, 6.45) is -1.20. The summed E-state index contributed by atoms with van der Waals surface area (Å²) in [5.74, 6) is 0. The molecule has 1 aromatic rings. The number of carbonyl (C=O) groups is 2. The van der Waals surface area contributed by atoms with Crippen LogP contribution in [-0.4, -0.2) is 28.4 Å². The Morgan fingerprint density at radius 3 is 2.27 bits per heavy atom. The smallest absolute Gasteiger partial charge is 0.407 e. The van der Waals surface area contributed by atoms with Gasteiger partial charge in [0.15, 0.2) is 0 Å². The highest BCUT2D eigenvalue weighted by Gasteiger charge is 2.26. The van der Waals surface area contributed by atoms with Crippen LogP contribution in [0.15, 0.2) is 30.3 Å². The van der Waals surface area contributed by atoms with Crippen LogP contribution in [0, 0.1) is 0 Å². The lowest BCUT2D eigenvalue weighted by Crippen LogP contribution is -2.33. The van der Waals surface area contributed by atoms with Crippen LogP contribution in [0.5, 0.6) is 0 Å². The molecular weight excluding hydrogens is 218 g/mol. The summed E-state index contributed by atoms with van der Waals surface area (Å²) in [6, 6.07) is 7.58. The minimum Gasteiger partial charge on any atom is -0.465 e. The molecule has 1 aromatic carbocycles. The topological polar surface area (TPSA) is 57.6 Å². The third kappa shape index (κ3) is 2.70. The van der Waals surface area contributed by atoms with Gasteiger partial charge in [0, 0.05) is 7.05 Å². The highest BCUT2D eigenvalue weighted by Crippen LogP contribution is 2.21. The van der Waals surface area contributed by atoms with E-state index in [9.17, 15) is 9.59 Å². The second-order valence-corrected chi connectivity index (χ2v) is 3.38. The third-order valence-electron chi connectivity index (χ3n) is 2.02. The highest BCUT2D eigenvalue weighted by atomic mass is 35.5. The first-order chi connectivity index (χ1) is 7.04.